The molecular formula is C20H19N3O3S. The number of hydrogen-bond acceptors (Lipinski definition) is 5. The molecule has 0 fully saturated rings. The zero-order valence-corrected chi connectivity index (χ0v) is 15.9. The Morgan fingerprint density at radius 1 is 1.19 bits per heavy atom. The van der Waals surface area contributed by atoms with Crippen LogP contribution in [-0.4, -0.2) is 42.7 Å². The van der Waals surface area contributed by atoms with Crippen molar-refractivity contribution >= 4 is 32.4 Å². The van der Waals surface area contributed by atoms with Gasteiger partial charge in [0.15, 0.2) is 4.96 Å². The fourth-order valence-corrected chi connectivity index (χ4v) is 3.96. The van der Waals surface area contributed by atoms with E-state index in [9.17, 15) is 4.79 Å². The summed E-state index contributed by atoms with van der Waals surface area (Å²) in [5.41, 5.74) is 3.62. The van der Waals surface area contributed by atoms with Gasteiger partial charge in [0.05, 0.1) is 29.6 Å². The molecule has 4 aromatic rings. The van der Waals surface area contributed by atoms with Gasteiger partial charge in [0.25, 0.3) is 5.91 Å². The van der Waals surface area contributed by atoms with Crippen LogP contribution in [0.4, 0.5) is 0 Å². The number of fused-ring (bicyclic) bond motifs is 3. The highest BCUT2D eigenvalue weighted by atomic mass is 32.1. The number of methoxy groups -OCH3 is 2. The molecular weight excluding hydrogens is 362 g/mol. The monoisotopic (exact) mass is 381 g/mol. The Morgan fingerprint density at radius 3 is 2.74 bits per heavy atom. The molecule has 0 aliphatic carbocycles. The van der Waals surface area contributed by atoms with Crippen LogP contribution < -0.4 is 10.1 Å². The lowest BCUT2D eigenvalue weighted by atomic mass is 10.1. The maximum Gasteiger partial charge on any atom is 0.251 e. The second-order valence-electron chi connectivity index (χ2n) is 6.04. The molecule has 4 rings (SSSR count). The first-order valence-corrected chi connectivity index (χ1v) is 9.34. The van der Waals surface area contributed by atoms with E-state index >= 15 is 0 Å². The van der Waals surface area contributed by atoms with E-state index in [0.717, 1.165) is 32.2 Å². The van der Waals surface area contributed by atoms with Crippen LogP contribution in [0.5, 0.6) is 5.75 Å². The van der Waals surface area contributed by atoms with Crippen molar-refractivity contribution in [2.45, 2.75) is 0 Å². The van der Waals surface area contributed by atoms with Crippen LogP contribution in [0, 0.1) is 0 Å². The van der Waals surface area contributed by atoms with Crippen LogP contribution >= 0.6 is 11.3 Å². The van der Waals surface area contributed by atoms with E-state index in [0.29, 0.717) is 18.7 Å². The zero-order chi connectivity index (χ0) is 18.8. The second kappa shape index (κ2) is 7.38. The van der Waals surface area contributed by atoms with Crippen molar-refractivity contribution in [3.8, 4) is 17.0 Å². The molecule has 2 heterocycles. The molecule has 138 valence electrons. The first kappa shape index (κ1) is 17.5. The van der Waals surface area contributed by atoms with Crippen LogP contribution in [-0.2, 0) is 4.74 Å². The average molecular weight is 381 g/mol. The summed E-state index contributed by atoms with van der Waals surface area (Å²) in [6.07, 6.45) is 2.02. The number of rotatable bonds is 6. The molecule has 0 atom stereocenters. The Labute approximate surface area is 160 Å². The van der Waals surface area contributed by atoms with Gasteiger partial charge in [-0.05, 0) is 42.5 Å². The van der Waals surface area contributed by atoms with Gasteiger partial charge >= 0.3 is 0 Å². The first-order chi connectivity index (χ1) is 13.2. The summed E-state index contributed by atoms with van der Waals surface area (Å²) in [7, 11) is 3.26. The van der Waals surface area contributed by atoms with Crippen LogP contribution in [0.3, 0.4) is 0 Å². The fourth-order valence-electron chi connectivity index (χ4n) is 2.91. The van der Waals surface area contributed by atoms with Gasteiger partial charge in [-0.1, -0.05) is 11.3 Å². The Balaban J connectivity index is 1.64. The van der Waals surface area contributed by atoms with Gasteiger partial charge < -0.3 is 14.8 Å². The minimum absolute atomic E-state index is 0.0982. The maximum absolute atomic E-state index is 12.2. The summed E-state index contributed by atoms with van der Waals surface area (Å²) in [6, 6.07) is 13.5. The van der Waals surface area contributed by atoms with Crippen molar-refractivity contribution in [1.82, 2.24) is 14.7 Å². The summed E-state index contributed by atoms with van der Waals surface area (Å²) in [5, 5.41) is 2.84. The van der Waals surface area contributed by atoms with E-state index in [1.807, 2.05) is 48.7 Å². The van der Waals surface area contributed by atoms with Crippen LogP contribution in [0.2, 0.25) is 0 Å². The third-order valence-corrected chi connectivity index (χ3v) is 5.35. The summed E-state index contributed by atoms with van der Waals surface area (Å²) in [5.74, 6) is 0.723. The predicted molar refractivity (Wildman–Crippen MR) is 107 cm³/mol. The highest BCUT2D eigenvalue weighted by Gasteiger charge is 2.13. The lowest BCUT2D eigenvalue weighted by Crippen LogP contribution is -2.26. The predicted octanol–water partition coefficient (Wildman–Crippen LogP) is 3.60. The molecule has 0 aliphatic rings. The number of aromatic nitrogens is 2. The largest absolute Gasteiger partial charge is 0.497 e. The average Bonchev–Trinajstić information content (AvgIpc) is 3.25. The first-order valence-electron chi connectivity index (χ1n) is 8.53. The smallest absolute Gasteiger partial charge is 0.251 e. The molecule has 2 aromatic heterocycles. The Hall–Kier alpha value is -2.90. The normalized spacial score (nSPS) is 11.2. The molecule has 1 N–H and O–H groups in total. The molecule has 6 nitrogen and oxygen atoms in total. The number of imidazole rings is 1. The third-order valence-electron chi connectivity index (χ3n) is 4.33. The van der Waals surface area contributed by atoms with Crippen LogP contribution in [0.15, 0.2) is 48.7 Å². The van der Waals surface area contributed by atoms with Gasteiger partial charge in [0.2, 0.25) is 0 Å². The molecule has 7 heteroatoms. The number of benzene rings is 2. The SMILES string of the molecule is COCCNC(=O)c1ccc2c(c1)sc1nc(-c3ccc(OC)cc3)cn12. The molecule has 0 radical (unpaired) electrons. The summed E-state index contributed by atoms with van der Waals surface area (Å²) in [6.45, 7) is 0.987. The number of hydrogen-bond donors (Lipinski definition) is 1. The number of thiazole rings is 1. The summed E-state index contributed by atoms with van der Waals surface area (Å²) < 4.78 is 13.2. The number of ether oxygens (including phenoxy) is 2. The van der Waals surface area contributed by atoms with Crippen molar-refractivity contribution in [1.29, 1.82) is 0 Å². The summed E-state index contributed by atoms with van der Waals surface area (Å²) >= 11 is 1.57. The number of carbonyl (C=O) groups is 1. The van der Waals surface area contributed by atoms with Gasteiger partial charge in [-0.3, -0.25) is 9.20 Å². The van der Waals surface area contributed by atoms with Gasteiger partial charge in [-0.25, -0.2) is 4.98 Å². The Bertz CT molecular complexity index is 1100. The molecule has 1 amide bonds. The molecule has 0 bridgehead atoms. The minimum atomic E-state index is -0.0982. The molecule has 27 heavy (non-hydrogen) atoms. The van der Waals surface area contributed by atoms with Crippen molar-refractivity contribution in [3.63, 3.8) is 0 Å². The highest BCUT2D eigenvalue weighted by Crippen LogP contribution is 2.30. The van der Waals surface area contributed by atoms with Crippen LogP contribution in [0.1, 0.15) is 10.4 Å². The van der Waals surface area contributed by atoms with Gasteiger partial charge in [0, 0.05) is 31.0 Å². The standard InChI is InChI=1S/C20H19N3O3S/c1-25-10-9-21-19(24)14-5-8-17-18(11-14)27-20-22-16(12-23(17)20)13-3-6-15(26-2)7-4-13/h3-8,11-12H,9-10H2,1-2H3,(H,21,24). The van der Waals surface area contributed by atoms with E-state index in [2.05, 4.69) is 9.72 Å². The molecule has 0 saturated carbocycles. The van der Waals surface area contributed by atoms with E-state index in [4.69, 9.17) is 14.5 Å². The van der Waals surface area contributed by atoms with Crippen molar-refractivity contribution in [2.24, 2.45) is 0 Å². The van der Waals surface area contributed by atoms with E-state index < -0.39 is 0 Å². The van der Waals surface area contributed by atoms with E-state index in [-0.39, 0.29) is 5.91 Å². The number of carbonyl (C=O) groups excluding carboxylic acids is 1. The molecule has 0 saturated heterocycles. The van der Waals surface area contributed by atoms with Gasteiger partial charge in [0.1, 0.15) is 5.75 Å². The molecule has 2 aromatic carbocycles. The Kier molecular flexibility index (Phi) is 4.79. The zero-order valence-electron chi connectivity index (χ0n) is 15.1. The molecule has 0 aliphatic heterocycles. The topological polar surface area (TPSA) is 64.9 Å². The van der Waals surface area contributed by atoms with Crippen molar-refractivity contribution < 1.29 is 14.3 Å². The van der Waals surface area contributed by atoms with Crippen LogP contribution in [0.25, 0.3) is 26.4 Å². The number of amides is 1. The quantitative estimate of drug-likeness (QED) is 0.518. The lowest BCUT2D eigenvalue weighted by molar-refractivity contribution is 0.0937. The number of nitrogens with zero attached hydrogens (tertiary/aromatic N) is 2. The third kappa shape index (κ3) is 3.39. The van der Waals surface area contributed by atoms with E-state index in [1.54, 1.807) is 25.6 Å². The number of nitrogens with one attached hydrogen (secondary N) is 1. The van der Waals surface area contributed by atoms with Gasteiger partial charge in [-0.15, -0.1) is 0 Å². The van der Waals surface area contributed by atoms with Crippen molar-refractivity contribution in [2.75, 3.05) is 27.4 Å². The molecule has 0 unspecified atom stereocenters. The summed E-state index contributed by atoms with van der Waals surface area (Å²) in [4.78, 5) is 17.8. The highest BCUT2D eigenvalue weighted by molar-refractivity contribution is 7.23. The van der Waals surface area contributed by atoms with Gasteiger partial charge in [-0.2, -0.15) is 0 Å². The van der Waals surface area contributed by atoms with Crippen molar-refractivity contribution in [3.05, 3.63) is 54.2 Å². The van der Waals surface area contributed by atoms with E-state index in [1.165, 1.54) is 0 Å². The Morgan fingerprint density at radius 2 is 2.00 bits per heavy atom. The second-order valence-corrected chi connectivity index (χ2v) is 7.05. The fraction of sp³-hybridized carbons (Fsp3) is 0.200. The minimum Gasteiger partial charge on any atom is -0.497 e. The lowest BCUT2D eigenvalue weighted by Gasteiger charge is -2.04. The molecule has 0 spiro atoms. The maximum atomic E-state index is 12.2.